The minimum Gasteiger partial charge on any atom is -0.496 e. The van der Waals surface area contributed by atoms with E-state index in [-0.39, 0.29) is 12.1 Å². The Kier molecular flexibility index (Phi) is 5.21. The molecule has 2 heterocycles. The Hall–Kier alpha value is -2.79. The monoisotopic (exact) mass is 418 g/mol. The minimum absolute atomic E-state index is 0.0610. The molecule has 4 nitrogen and oxygen atoms in total. The van der Waals surface area contributed by atoms with E-state index < -0.39 is 0 Å². The Balaban J connectivity index is 1.58. The van der Waals surface area contributed by atoms with Gasteiger partial charge in [-0.25, -0.2) is 4.79 Å². The Bertz CT molecular complexity index is 1060. The van der Waals surface area contributed by atoms with Gasteiger partial charge in [-0.05, 0) is 61.4 Å². The number of carbonyl (C=O) groups excluding carboxylic acids is 1. The van der Waals surface area contributed by atoms with Crippen LogP contribution in [0.4, 0.5) is 10.5 Å². The van der Waals surface area contributed by atoms with Crippen molar-refractivity contribution in [3.63, 3.8) is 0 Å². The van der Waals surface area contributed by atoms with E-state index in [2.05, 4.69) is 11.4 Å². The van der Waals surface area contributed by atoms with Crippen LogP contribution in [0.15, 0.2) is 54.6 Å². The first-order valence-corrected chi connectivity index (χ1v) is 11.5. The van der Waals surface area contributed by atoms with Crippen molar-refractivity contribution in [3.05, 3.63) is 81.0 Å². The summed E-state index contributed by atoms with van der Waals surface area (Å²) >= 11 is 1.91. The van der Waals surface area contributed by atoms with Crippen molar-refractivity contribution in [2.45, 2.75) is 38.1 Å². The number of carbonyl (C=O) groups is 1. The number of benzene rings is 2. The quantitative estimate of drug-likeness (QED) is 0.583. The number of thiophene rings is 1. The highest BCUT2D eigenvalue weighted by atomic mass is 32.1. The largest absolute Gasteiger partial charge is 0.496 e. The van der Waals surface area contributed by atoms with Gasteiger partial charge in [0.15, 0.2) is 0 Å². The fourth-order valence-corrected chi connectivity index (χ4v) is 6.36. The third kappa shape index (κ3) is 3.37. The molecule has 0 saturated carbocycles. The number of nitrogens with one attached hydrogen (secondary N) is 1. The molecule has 154 valence electrons. The van der Waals surface area contributed by atoms with Crippen molar-refractivity contribution in [1.82, 2.24) is 4.90 Å². The fourth-order valence-electron chi connectivity index (χ4n) is 4.79. The number of aryl methyl sites for hydroxylation is 1. The minimum atomic E-state index is -0.121. The Labute approximate surface area is 181 Å². The number of para-hydroxylation sites is 2. The maximum absolute atomic E-state index is 13.4. The first-order valence-electron chi connectivity index (χ1n) is 10.6. The maximum atomic E-state index is 13.4. The number of rotatable bonds is 3. The van der Waals surface area contributed by atoms with Gasteiger partial charge in [-0.1, -0.05) is 36.4 Å². The molecule has 2 amide bonds. The van der Waals surface area contributed by atoms with Gasteiger partial charge < -0.3 is 15.0 Å². The van der Waals surface area contributed by atoms with Crippen LogP contribution in [0.2, 0.25) is 0 Å². The van der Waals surface area contributed by atoms with Crippen LogP contribution in [0.5, 0.6) is 5.75 Å². The summed E-state index contributed by atoms with van der Waals surface area (Å²) < 4.78 is 5.71. The molecule has 0 saturated heterocycles. The first kappa shape index (κ1) is 19.2. The van der Waals surface area contributed by atoms with Crippen LogP contribution >= 0.6 is 11.3 Å². The summed E-state index contributed by atoms with van der Waals surface area (Å²) in [6.07, 6.45) is 5.81. The highest BCUT2D eigenvalue weighted by molar-refractivity contribution is 7.12. The highest BCUT2D eigenvalue weighted by Crippen LogP contribution is 2.46. The zero-order chi connectivity index (χ0) is 20.5. The standard InChI is InChI=1S/C25H26N2O2S/c1-29-21-13-7-5-12-20(21)23-24-19(18-11-6-8-14-22(18)30-24)15-16-27(23)25(28)26-17-9-3-2-4-10-17/h2-5,7,9-10,12-13,23H,6,8,11,14-16H2,1H3,(H,26,28)/t23-/m1/s1. The third-order valence-electron chi connectivity index (χ3n) is 6.19. The molecule has 1 aliphatic heterocycles. The van der Waals surface area contributed by atoms with E-state index in [0.717, 1.165) is 23.4 Å². The maximum Gasteiger partial charge on any atom is 0.322 e. The number of amides is 2. The van der Waals surface area contributed by atoms with E-state index in [1.807, 2.05) is 64.8 Å². The SMILES string of the molecule is COc1ccccc1[C@@H]1c2sc3c(c2CCN1C(=O)Nc1ccccc1)CCCC3. The van der Waals surface area contributed by atoms with Gasteiger partial charge in [0.05, 0.1) is 13.2 Å². The van der Waals surface area contributed by atoms with E-state index in [9.17, 15) is 4.79 Å². The van der Waals surface area contributed by atoms with E-state index in [1.54, 1.807) is 12.7 Å². The zero-order valence-electron chi connectivity index (χ0n) is 17.2. The van der Waals surface area contributed by atoms with Gasteiger partial charge >= 0.3 is 6.03 Å². The predicted octanol–water partition coefficient (Wildman–Crippen LogP) is 5.82. The number of nitrogens with zero attached hydrogens (tertiary/aromatic N) is 1. The van der Waals surface area contributed by atoms with Gasteiger partial charge in [0.1, 0.15) is 5.75 Å². The summed E-state index contributed by atoms with van der Waals surface area (Å²) in [5, 5.41) is 3.09. The highest BCUT2D eigenvalue weighted by Gasteiger charge is 2.37. The van der Waals surface area contributed by atoms with Crippen LogP contribution < -0.4 is 10.1 Å². The van der Waals surface area contributed by atoms with Crippen LogP contribution in [0.3, 0.4) is 0 Å². The Morgan fingerprint density at radius 1 is 1.00 bits per heavy atom. The molecule has 1 aliphatic carbocycles. The van der Waals surface area contributed by atoms with Crippen molar-refractivity contribution < 1.29 is 9.53 Å². The molecule has 1 aromatic heterocycles. The lowest BCUT2D eigenvalue weighted by atomic mass is 9.88. The second-order valence-electron chi connectivity index (χ2n) is 7.94. The number of hydrogen-bond acceptors (Lipinski definition) is 3. The normalized spacial score (nSPS) is 17.8. The fraction of sp³-hybridized carbons (Fsp3) is 0.320. The summed E-state index contributed by atoms with van der Waals surface area (Å²) in [6.45, 7) is 0.706. The van der Waals surface area contributed by atoms with Gasteiger partial charge in [-0.15, -0.1) is 11.3 Å². The number of hydrogen-bond donors (Lipinski definition) is 1. The van der Waals surface area contributed by atoms with Gasteiger partial charge in [-0.3, -0.25) is 0 Å². The summed E-state index contributed by atoms with van der Waals surface area (Å²) in [4.78, 5) is 18.2. The molecule has 0 radical (unpaired) electrons. The van der Waals surface area contributed by atoms with Crippen LogP contribution in [0, 0.1) is 0 Å². The van der Waals surface area contributed by atoms with E-state index >= 15 is 0 Å². The van der Waals surface area contributed by atoms with Gasteiger partial charge in [0.2, 0.25) is 0 Å². The summed E-state index contributed by atoms with van der Waals surface area (Å²) in [5.41, 5.74) is 4.92. The second-order valence-corrected chi connectivity index (χ2v) is 9.07. The van der Waals surface area contributed by atoms with Crippen molar-refractivity contribution in [1.29, 1.82) is 0 Å². The first-order chi connectivity index (χ1) is 14.8. The molecule has 5 rings (SSSR count). The van der Waals surface area contributed by atoms with Gasteiger partial charge in [-0.2, -0.15) is 0 Å². The van der Waals surface area contributed by atoms with Crippen molar-refractivity contribution in [3.8, 4) is 5.75 Å². The number of urea groups is 1. The van der Waals surface area contributed by atoms with E-state index in [4.69, 9.17) is 4.74 Å². The lowest BCUT2D eigenvalue weighted by molar-refractivity contribution is 0.194. The second kappa shape index (κ2) is 8.15. The lowest BCUT2D eigenvalue weighted by Gasteiger charge is -2.37. The molecule has 1 atom stereocenters. The molecule has 0 spiro atoms. The van der Waals surface area contributed by atoms with Crippen molar-refractivity contribution >= 4 is 23.1 Å². The average Bonchev–Trinajstić information content (AvgIpc) is 3.18. The van der Waals surface area contributed by atoms with Crippen LogP contribution in [-0.4, -0.2) is 24.6 Å². The topological polar surface area (TPSA) is 41.6 Å². The molecule has 2 aromatic carbocycles. The zero-order valence-corrected chi connectivity index (χ0v) is 18.0. The molecule has 30 heavy (non-hydrogen) atoms. The summed E-state index contributed by atoms with van der Waals surface area (Å²) in [6, 6.07) is 17.6. The average molecular weight is 419 g/mol. The number of anilines is 1. The van der Waals surface area contributed by atoms with Crippen LogP contribution in [0.1, 0.15) is 45.3 Å². The number of methoxy groups -OCH3 is 1. The molecule has 0 unspecified atom stereocenters. The number of fused-ring (bicyclic) bond motifs is 3. The van der Waals surface area contributed by atoms with Gasteiger partial charge in [0.25, 0.3) is 0 Å². The van der Waals surface area contributed by atoms with Gasteiger partial charge in [0, 0.05) is 27.5 Å². The molecule has 3 aromatic rings. The molecule has 5 heteroatoms. The molecule has 1 N–H and O–H groups in total. The smallest absolute Gasteiger partial charge is 0.322 e. The molecule has 0 bridgehead atoms. The Morgan fingerprint density at radius 2 is 1.77 bits per heavy atom. The number of ether oxygens (including phenoxy) is 1. The van der Waals surface area contributed by atoms with Crippen LogP contribution in [-0.2, 0) is 19.3 Å². The van der Waals surface area contributed by atoms with E-state index in [1.165, 1.54) is 41.0 Å². The molecule has 0 fully saturated rings. The van der Waals surface area contributed by atoms with E-state index in [0.29, 0.717) is 6.54 Å². The summed E-state index contributed by atoms with van der Waals surface area (Å²) in [7, 11) is 1.70. The third-order valence-corrected chi connectivity index (χ3v) is 7.58. The van der Waals surface area contributed by atoms with Crippen LogP contribution in [0.25, 0.3) is 0 Å². The van der Waals surface area contributed by atoms with Crippen molar-refractivity contribution in [2.75, 3.05) is 19.0 Å². The lowest BCUT2D eigenvalue weighted by Crippen LogP contribution is -2.42. The molecular formula is C25H26N2O2S. The Morgan fingerprint density at radius 3 is 2.60 bits per heavy atom. The molecule has 2 aliphatic rings. The predicted molar refractivity (Wildman–Crippen MR) is 122 cm³/mol. The van der Waals surface area contributed by atoms with Crippen molar-refractivity contribution in [2.24, 2.45) is 0 Å². The summed E-state index contributed by atoms with van der Waals surface area (Å²) in [5.74, 6) is 0.833. The molecular weight excluding hydrogens is 392 g/mol.